The highest BCUT2D eigenvalue weighted by Crippen LogP contribution is 2.57. The van der Waals surface area contributed by atoms with E-state index in [0.717, 1.165) is 25.9 Å². The number of aromatic carboxylic acids is 1. The second-order valence-corrected chi connectivity index (χ2v) is 6.85. The predicted octanol–water partition coefficient (Wildman–Crippen LogP) is 2.78. The normalized spacial score (nSPS) is 24.0. The van der Waals surface area contributed by atoms with Crippen LogP contribution in [-0.4, -0.2) is 35.7 Å². The molecule has 1 aromatic rings. The van der Waals surface area contributed by atoms with Crippen molar-refractivity contribution >= 4 is 11.9 Å². The Morgan fingerprint density at radius 2 is 2.08 bits per heavy atom. The van der Waals surface area contributed by atoms with Crippen molar-refractivity contribution in [1.82, 2.24) is 5.32 Å². The van der Waals surface area contributed by atoms with Gasteiger partial charge < -0.3 is 15.2 Å². The molecular formula is C19H25NO4. The highest BCUT2D eigenvalue weighted by Gasteiger charge is 2.59. The Morgan fingerprint density at radius 1 is 1.33 bits per heavy atom. The fourth-order valence-electron chi connectivity index (χ4n) is 4.10. The largest absolute Gasteiger partial charge is 0.478 e. The second kappa shape index (κ2) is 6.93. The maximum Gasteiger partial charge on any atom is 0.335 e. The molecule has 2 fully saturated rings. The average Bonchev–Trinajstić information content (AvgIpc) is 2.50. The van der Waals surface area contributed by atoms with Gasteiger partial charge in [-0.25, -0.2) is 4.79 Å². The van der Waals surface area contributed by atoms with Gasteiger partial charge in [-0.15, -0.1) is 0 Å². The molecule has 2 aliphatic carbocycles. The summed E-state index contributed by atoms with van der Waals surface area (Å²) in [5.41, 5.74) is 1.14. The first kappa shape index (κ1) is 17.0. The molecule has 2 N–H and O–H groups in total. The maximum atomic E-state index is 12.3. The summed E-state index contributed by atoms with van der Waals surface area (Å²) in [5, 5.41) is 12.3. The van der Waals surface area contributed by atoms with E-state index in [1.165, 1.54) is 6.42 Å². The van der Waals surface area contributed by atoms with E-state index in [0.29, 0.717) is 18.4 Å². The van der Waals surface area contributed by atoms with E-state index in [-0.39, 0.29) is 29.0 Å². The van der Waals surface area contributed by atoms with Gasteiger partial charge in [0.2, 0.25) is 5.91 Å². The number of benzene rings is 1. The summed E-state index contributed by atoms with van der Waals surface area (Å²) in [6, 6.07) is 7.08. The highest BCUT2D eigenvalue weighted by atomic mass is 16.5. The van der Waals surface area contributed by atoms with Crippen LogP contribution in [0, 0.1) is 5.41 Å². The van der Waals surface area contributed by atoms with Crippen LogP contribution in [0.4, 0.5) is 0 Å². The highest BCUT2D eigenvalue weighted by molar-refractivity contribution is 5.89. The number of amides is 1. The summed E-state index contributed by atoms with van der Waals surface area (Å²) in [6.45, 7) is 2.73. The molecule has 2 unspecified atom stereocenters. The molecule has 3 rings (SSSR count). The molecule has 2 aliphatic rings. The summed E-state index contributed by atoms with van der Waals surface area (Å²) in [6.07, 6.45) is 5.41. The number of aryl methyl sites for hydroxylation is 1. The van der Waals surface area contributed by atoms with Crippen LogP contribution in [-0.2, 0) is 16.0 Å². The first-order valence-corrected chi connectivity index (χ1v) is 8.79. The number of nitrogens with one attached hydrogen (secondary N) is 1. The van der Waals surface area contributed by atoms with E-state index in [1.54, 1.807) is 18.2 Å². The Bertz CT molecular complexity index is 624. The van der Waals surface area contributed by atoms with Crippen LogP contribution in [0.25, 0.3) is 0 Å². The molecule has 0 aromatic heterocycles. The van der Waals surface area contributed by atoms with E-state index < -0.39 is 5.97 Å². The lowest BCUT2D eigenvalue weighted by Crippen LogP contribution is -2.67. The Balaban J connectivity index is 1.53. The van der Waals surface area contributed by atoms with Gasteiger partial charge in [-0.05, 0) is 44.2 Å². The zero-order valence-corrected chi connectivity index (χ0v) is 14.1. The molecule has 0 radical (unpaired) electrons. The molecule has 0 saturated heterocycles. The van der Waals surface area contributed by atoms with Crippen molar-refractivity contribution in [2.45, 2.75) is 57.6 Å². The fourth-order valence-corrected chi connectivity index (χ4v) is 4.10. The van der Waals surface area contributed by atoms with E-state index in [9.17, 15) is 14.7 Å². The first-order chi connectivity index (χ1) is 11.6. The van der Waals surface area contributed by atoms with E-state index >= 15 is 0 Å². The topological polar surface area (TPSA) is 75.6 Å². The van der Waals surface area contributed by atoms with Crippen LogP contribution >= 0.6 is 0 Å². The lowest BCUT2D eigenvalue weighted by Gasteiger charge is -2.61. The standard InChI is InChI=1S/C19H25NO4/c1-2-24-16-12-15(19(16)10-5-11-19)20-17(21)9-8-13-6-3-4-7-14(13)18(22)23/h3-4,6-7,15-16H,2,5,8-12H2,1H3,(H,20,21)(H,22,23). The zero-order chi connectivity index (χ0) is 17.2. The minimum Gasteiger partial charge on any atom is -0.478 e. The number of ether oxygens (including phenoxy) is 1. The van der Waals surface area contributed by atoms with Crippen molar-refractivity contribution in [2.24, 2.45) is 5.41 Å². The van der Waals surface area contributed by atoms with Gasteiger partial charge in [0.25, 0.3) is 0 Å². The lowest BCUT2D eigenvalue weighted by atomic mass is 9.51. The molecule has 5 nitrogen and oxygen atoms in total. The van der Waals surface area contributed by atoms with Crippen LogP contribution in [0.3, 0.4) is 0 Å². The third-order valence-corrected chi connectivity index (χ3v) is 5.64. The van der Waals surface area contributed by atoms with E-state index in [4.69, 9.17) is 4.74 Å². The Kier molecular flexibility index (Phi) is 4.90. The number of carboxylic acids is 1. The summed E-state index contributed by atoms with van der Waals surface area (Å²) < 4.78 is 5.80. The number of carbonyl (C=O) groups excluding carboxylic acids is 1. The smallest absolute Gasteiger partial charge is 0.335 e. The second-order valence-electron chi connectivity index (χ2n) is 6.85. The van der Waals surface area contributed by atoms with Gasteiger partial charge in [0.15, 0.2) is 0 Å². The van der Waals surface area contributed by atoms with Crippen molar-refractivity contribution in [3.63, 3.8) is 0 Å². The third kappa shape index (κ3) is 3.05. The molecular weight excluding hydrogens is 306 g/mol. The Morgan fingerprint density at radius 3 is 2.71 bits per heavy atom. The number of carboxylic acid groups (broad SMARTS) is 1. The predicted molar refractivity (Wildman–Crippen MR) is 90.0 cm³/mol. The molecule has 1 amide bonds. The SMILES string of the molecule is CCOC1CC(NC(=O)CCc2ccccc2C(=O)O)C12CCC2. The number of hydrogen-bond acceptors (Lipinski definition) is 3. The van der Waals surface area contributed by atoms with E-state index in [1.807, 2.05) is 13.0 Å². The maximum absolute atomic E-state index is 12.3. The molecule has 1 aromatic carbocycles. The lowest BCUT2D eigenvalue weighted by molar-refractivity contribution is -0.175. The van der Waals surface area contributed by atoms with Crippen LogP contribution in [0.1, 0.15) is 54.9 Å². The molecule has 0 bridgehead atoms. The van der Waals surface area contributed by atoms with Crippen LogP contribution in [0.5, 0.6) is 0 Å². The van der Waals surface area contributed by atoms with Crippen molar-refractivity contribution in [3.05, 3.63) is 35.4 Å². The molecule has 2 atom stereocenters. The number of rotatable bonds is 7. The molecule has 5 heteroatoms. The zero-order valence-electron chi connectivity index (χ0n) is 14.1. The Hall–Kier alpha value is -1.88. The summed E-state index contributed by atoms with van der Waals surface area (Å²) >= 11 is 0. The van der Waals surface area contributed by atoms with Crippen molar-refractivity contribution < 1.29 is 19.4 Å². The monoisotopic (exact) mass is 331 g/mol. The number of hydrogen-bond donors (Lipinski definition) is 2. The van der Waals surface area contributed by atoms with Crippen molar-refractivity contribution in [1.29, 1.82) is 0 Å². The number of carbonyl (C=O) groups is 2. The molecule has 0 aliphatic heterocycles. The molecule has 130 valence electrons. The van der Waals surface area contributed by atoms with Crippen LogP contribution < -0.4 is 5.32 Å². The molecule has 24 heavy (non-hydrogen) atoms. The third-order valence-electron chi connectivity index (χ3n) is 5.64. The first-order valence-electron chi connectivity index (χ1n) is 8.79. The summed E-state index contributed by atoms with van der Waals surface area (Å²) in [4.78, 5) is 23.5. The van der Waals surface area contributed by atoms with Crippen LogP contribution in [0.2, 0.25) is 0 Å². The quantitative estimate of drug-likeness (QED) is 0.805. The van der Waals surface area contributed by atoms with Gasteiger partial charge in [-0.1, -0.05) is 24.6 Å². The molecule has 0 heterocycles. The van der Waals surface area contributed by atoms with Gasteiger partial charge in [0, 0.05) is 24.5 Å². The van der Waals surface area contributed by atoms with Gasteiger partial charge in [-0.2, -0.15) is 0 Å². The van der Waals surface area contributed by atoms with Crippen molar-refractivity contribution in [2.75, 3.05) is 6.61 Å². The van der Waals surface area contributed by atoms with Gasteiger partial charge in [0.05, 0.1) is 11.7 Å². The van der Waals surface area contributed by atoms with Crippen molar-refractivity contribution in [3.8, 4) is 0 Å². The minimum atomic E-state index is -0.946. The van der Waals surface area contributed by atoms with Gasteiger partial charge >= 0.3 is 5.97 Å². The molecule has 2 saturated carbocycles. The minimum absolute atomic E-state index is 0.00131. The molecule has 1 spiro atoms. The van der Waals surface area contributed by atoms with E-state index in [2.05, 4.69) is 5.32 Å². The van der Waals surface area contributed by atoms with Gasteiger partial charge in [0.1, 0.15) is 0 Å². The average molecular weight is 331 g/mol. The fraction of sp³-hybridized carbons (Fsp3) is 0.579. The summed E-state index contributed by atoms with van der Waals surface area (Å²) in [5.74, 6) is -0.945. The summed E-state index contributed by atoms with van der Waals surface area (Å²) in [7, 11) is 0. The van der Waals surface area contributed by atoms with Gasteiger partial charge in [-0.3, -0.25) is 4.79 Å². The Labute approximate surface area is 142 Å². The van der Waals surface area contributed by atoms with Crippen LogP contribution in [0.15, 0.2) is 24.3 Å².